The summed E-state index contributed by atoms with van der Waals surface area (Å²) in [5, 5.41) is 28.8. The van der Waals surface area contributed by atoms with Crippen molar-refractivity contribution in [2.75, 3.05) is 27.4 Å². The molecule has 0 saturated heterocycles. The standard InChI is InChI=1S/C29H30O8/c1-34-25-16-20(8-11-24(25)32)28-23(17-36-27(33)12-7-18-5-9-21(31)10-6-18)22-14-19(4-3-13-30)15-26(35-2)29(22)37-28/h5-12,14-16,23,28,30-32H,3-4,13,17H2,1-2H3/b12-7+/t23-,28+/m1/s1. The van der Waals surface area contributed by atoms with E-state index < -0.39 is 12.1 Å². The van der Waals surface area contributed by atoms with Crippen LogP contribution in [-0.2, 0) is 16.0 Å². The second kappa shape index (κ2) is 11.7. The lowest BCUT2D eigenvalue weighted by molar-refractivity contribution is -0.138. The molecule has 0 bridgehead atoms. The van der Waals surface area contributed by atoms with Crippen LogP contribution in [0.2, 0.25) is 0 Å². The lowest BCUT2D eigenvalue weighted by atomic mass is 9.90. The average molecular weight is 507 g/mol. The number of carbonyl (C=O) groups is 1. The molecule has 0 radical (unpaired) electrons. The number of fused-ring (bicyclic) bond motifs is 1. The molecule has 0 unspecified atom stereocenters. The van der Waals surface area contributed by atoms with E-state index in [1.165, 1.54) is 31.4 Å². The number of methoxy groups -OCH3 is 2. The molecule has 8 nitrogen and oxygen atoms in total. The maximum absolute atomic E-state index is 12.6. The van der Waals surface area contributed by atoms with Gasteiger partial charge in [-0.05, 0) is 65.9 Å². The normalized spacial score (nSPS) is 16.3. The molecule has 0 fully saturated rings. The number of phenols is 2. The van der Waals surface area contributed by atoms with E-state index in [2.05, 4.69) is 0 Å². The fraction of sp³-hybridized carbons (Fsp3) is 0.276. The zero-order valence-electron chi connectivity index (χ0n) is 20.7. The quantitative estimate of drug-likeness (QED) is 0.272. The van der Waals surface area contributed by atoms with Crippen LogP contribution in [0.4, 0.5) is 0 Å². The SMILES string of the molecule is COc1cc([C@@H]2Oc3c(OC)cc(CCCO)cc3[C@H]2COC(=O)/C=C/c2ccc(O)cc2)ccc1O. The van der Waals surface area contributed by atoms with Gasteiger partial charge < -0.3 is 34.3 Å². The largest absolute Gasteiger partial charge is 0.508 e. The number of esters is 1. The smallest absolute Gasteiger partial charge is 0.330 e. The maximum Gasteiger partial charge on any atom is 0.330 e. The van der Waals surface area contributed by atoms with Crippen LogP contribution < -0.4 is 14.2 Å². The number of aromatic hydroxyl groups is 2. The summed E-state index contributed by atoms with van der Waals surface area (Å²) in [6.07, 6.45) is 3.67. The first kappa shape index (κ1) is 25.9. The minimum atomic E-state index is -0.527. The minimum Gasteiger partial charge on any atom is -0.508 e. The molecule has 2 atom stereocenters. The predicted molar refractivity (Wildman–Crippen MR) is 137 cm³/mol. The third-order valence-corrected chi connectivity index (χ3v) is 6.24. The summed E-state index contributed by atoms with van der Waals surface area (Å²) in [5.41, 5.74) is 3.29. The van der Waals surface area contributed by atoms with E-state index in [0.717, 1.165) is 22.3 Å². The molecule has 37 heavy (non-hydrogen) atoms. The third kappa shape index (κ3) is 5.98. The lowest BCUT2D eigenvalue weighted by Gasteiger charge is -2.20. The van der Waals surface area contributed by atoms with Crippen LogP contribution in [-0.4, -0.2) is 48.7 Å². The van der Waals surface area contributed by atoms with Gasteiger partial charge in [-0.15, -0.1) is 0 Å². The van der Waals surface area contributed by atoms with Gasteiger partial charge in [0.25, 0.3) is 0 Å². The Labute approximate surface area is 215 Å². The van der Waals surface area contributed by atoms with Crippen molar-refractivity contribution in [3.8, 4) is 28.7 Å². The Balaban J connectivity index is 1.62. The van der Waals surface area contributed by atoms with Gasteiger partial charge in [0.2, 0.25) is 0 Å². The van der Waals surface area contributed by atoms with Gasteiger partial charge in [-0.3, -0.25) is 0 Å². The van der Waals surface area contributed by atoms with E-state index in [1.54, 1.807) is 37.5 Å². The highest BCUT2D eigenvalue weighted by atomic mass is 16.5. The van der Waals surface area contributed by atoms with Gasteiger partial charge in [0.05, 0.1) is 20.1 Å². The molecule has 1 aliphatic heterocycles. The number of aryl methyl sites for hydroxylation is 1. The number of carbonyl (C=O) groups excluding carboxylic acids is 1. The van der Waals surface area contributed by atoms with Crippen molar-refractivity contribution < 1.29 is 39.1 Å². The number of aliphatic hydroxyl groups excluding tert-OH is 1. The Bertz CT molecular complexity index is 1270. The van der Waals surface area contributed by atoms with Crippen LogP contribution in [0.3, 0.4) is 0 Å². The molecule has 0 amide bonds. The number of aliphatic hydroxyl groups is 1. The fourth-order valence-electron chi connectivity index (χ4n) is 4.35. The monoisotopic (exact) mass is 506 g/mol. The highest BCUT2D eigenvalue weighted by Gasteiger charge is 2.39. The Morgan fingerprint density at radius 1 is 1.00 bits per heavy atom. The van der Waals surface area contributed by atoms with E-state index in [4.69, 9.17) is 18.9 Å². The molecule has 0 saturated carbocycles. The Kier molecular flexibility index (Phi) is 8.20. The molecule has 4 rings (SSSR count). The maximum atomic E-state index is 12.6. The molecule has 0 spiro atoms. The molecule has 8 heteroatoms. The Hall–Kier alpha value is -4.17. The summed E-state index contributed by atoms with van der Waals surface area (Å²) in [5.74, 6) is 0.693. The zero-order valence-corrected chi connectivity index (χ0v) is 20.7. The summed E-state index contributed by atoms with van der Waals surface area (Å²) in [4.78, 5) is 12.6. The molecular weight excluding hydrogens is 476 g/mol. The van der Waals surface area contributed by atoms with Crippen molar-refractivity contribution >= 4 is 12.0 Å². The summed E-state index contributed by atoms with van der Waals surface area (Å²) < 4.78 is 22.9. The van der Waals surface area contributed by atoms with Crippen LogP contribution in [0.5, 0.6) is 28.7 Å². The molecule has 0 aromatic heterocycles. The fourth-order valence-corrected chi connectivity index (χ4v) is 4.35. The summed E-state index contributed by atoms with van der Waals surface area (Å²) >= 11 is 0. The van der Waals surface area contributed by atoms with E-state index >= 15 is 0 Å². The van der Waals surface area contributed by atoms with Crippen molar-refractivity contribution in [2.45, 2.75) is 24.9 Å². The van der Waals surface area contributed by atoms with E-state index in [9.17, 15) is 20.1 Å². The number of hydrogen-bond donors (Lipinski definition) is 3. The van der Waals surface area contributed by atoms with Gasteiger partial charge in [0.1, 0.15) is 18.5 Å². The summed E-state index contributed by atoms with van der Waals surface area (Å²) in [6.45, 7) is 0.104. The predicted octanol–water partition coefficient (Wildman–Crippen LogP) is 4.51. The van der Waals surface area contributed by atoms with Crippen LogP contribution in [0.15, 0.2) is 60.7 Å². The van der Waals surface area contributed by atoms with Gasteiger partial charge in [-0.25, -0.2) is 4.79 Å². The van der Waals surface area contributed by atoms with E-state index in [-0.39, 0.29) is 30.6 Å². The topological polar surface area (TPSA) is 115 Å². The van der Waals surface area contributed by atoms with Gasteiger partial charge in [0, 0.05) is 18.2 Å². The van der Waals surface area contributed by atoms with Crippen LogP contribution in [0, 0.1) is 0 Å². The summed E-state index contributed by atoms with van der Waals surface area (Å²) in [6, 6.07) is 15.3. The molecule has 3 N–H and O–H groups in total. The molecule has 1 aliphatic rings. The number of rotatable bonds is 10. The summed E-state index contributed by atoms with van der Waals surface area (Å²) in [7, 11) is 3.04. The second-order valence-electron chi connectivity index (χ2n) is 8.67. The minimum absolute atomic E-state index is 0.00739. The first-order valence-electron chi connectivity index (χ1n) is 11.9. The third-order valence-electron chi connectivity index (χ3n) is 6.24. The number of ether oxygens (including phenoxy) is 4. The molecule has 3 aromatic carbocycles. The van der Waals surface area contributed by atoms with Crippen LogP contribution in [0.1, 0.15) is 40.7 Å². The lowest BCUT2D eigenvalue weighted by Crippen LogP contribution is -2.17. The first-order chi connectivity index (χ1) is 17.9. The Morgan fingerprint density at radius 2 is 1.76 bits per heavy atom. The van der Waals surface area contributed by atoms with Crippen molar-refractivity contribution in [3.63, 3.8) is 0 Å². The van der Waals surface area contributed by atoms with E-state index in [0.29, 0.717) is 30.1 Å². The highest BCUT2D eigenvalue weighted by Crippen LogP contribution is 2.51. The molecule has 0 aliphatic carbocycles. The Morgan fingerprint density at radius 3 is 2.46 bits per heavy atom. The molecule has 3 aromatic rings. The second-order valence-corrected chi connectivity index (χ2v) is 8.67. The number of hydrogen-bond acceptors (Lipinski definition) is 8. The van der Waals surface area contributed by atoms with Crippen molar-refractivity contribution in [1.29, 1.82) is 0 Å². The van der Waals surface area contributed by atoms with Crippen molar-refractivity contribution in [1.82, 2.24) is 0 Å². The average Bonchev–Trinajstić information content (AvgIpc) is 3.28. The van der Waals surface area contributed by atoms with E-state index in [1.807, 2.05) is 12.1 Å². The number of benzene rings is 3. The molecule has 1 heterocycles. The van der Waals surface area contributed by atoms with Crippen LogP contribution in [0.25, 0.3) is 6.08 Å². The molecular formula is C29H30O8. The van der Waals surface area contributed by atoms with Crippen molar-refractivity contribution in [3.05, 3.63) is 82.9 Å². The number of phenolic OH excluding ortho intramolecular Hbond substituents is 2. The van der Waals surface area contributed by atoms with Gasteiger partial charge in [0.15, 0.2) is 23.0 Å². The first-order valence-corrected chi connectivity index (χ1v) is 11.9. The van der Waals surface area contributed by atoms with Crippen molar-refractivity contribution in [2.24, 2.45) is 0 Å². The van der Waals surface area contributed by atoms with Gasteiger partial charge in [-0.2, -0.15) is 0 Å². The highest BCUT2D eigenvalue weighted by molar-refractivity contribution is 5.87. The van der Waals surface area contributed by atoms with Gasteiger partial charge >= 0.3 is 5.97 Å². The molecule has 194 valence electrons. The zero-order chi connectivity index (χ0) is 26.4. The van der Waals surface area contributed by atoms with Crippen LogP contribution >= 0.6 is 0 Å². The van der Waals surface area contributed by atoms with Gasteiger partial charge in [-0.1, -0.05) is 24.3 Å².